The molecular formula is C9H15NO3. The molecule has 0 atom stereocenters. The smallest absolute Gasteiger partial charge is 0.354 e. The summed E-state index contributed by atoms with van der Waals surface area (Å²) in [6.07, 6.45) is 1.65. The summed E-state index contributed by atoms with van der Waals surface area (Å²) in [4.78, 5) is 21.8. The van der Waals surface area contributed by atoms with Gasteiger partial charge in [-0.2, -0.15) is 0 Å². The van der Waals surface area contributed by atoms with Crippen LogP contribution in [0.15, 0.2) is 11.8 Å². The van der Waals surface area contributed by atoms with Gasteiger partial charge < -0.3 is 10.1 Å². The molecule has 1 amide bonds. The summed E-state index contributed by atoms with van der Waals surface area (Å²) in [6, 6.07) is 0. The average Bonchev–Trinajstić information content (AvgIpc) is 2.00. The van der Waals surface area contributed by atoms with Gasteiger partial charge in [0.25, 0.3) is 0 Å². The number of hydrogen-bond donors (Lipinski definition) is 1. The lowest BCUT2D eigenvalue weighted by Gasteiger charge is -2.06. The van der Waals surface area contributed by atoms with Gasteiger partial charge in [-0.3, -0.25) is 4.79 Å². The molecule has 0 radical (unpaired) electrons. The summed E-state index contributed by atoms with van der Waals surface area (Å²) in [7, 11) is 1.28. The Morgan fingerprint density at radius 2 is 1.92 bits per heavy atom. The maximum Gasteiger partial charge on any atom is 0.354 e. The van der Waals surface area contributed by atoms with Gasteiger partial charge in [0.05, 0.1) is 7.11 Å². The Labute approximate surface area is 78.0 Å². The number of amides is 1. The topological polar surface area (TPSA) is 55.4 Å². The fourth-order valence-corrected chi connectivity index (χ4v) is 0.794. The molecule has 13 heavy (non-hydrogen) atoms. The SMILES string of the molecule is COC(=O)/C(=C\C(C)C)NC(C)=O. The van der Waals surface area contributed by atoms with E-state index in [9.17, 15) is 9.59 Å². The lowest BCUT2D eigenvalue weighted by Crippen LogP contribution is -2.26. The second-order valence-electron chi connectivity index (χ2n) is 3.00. The number of nitrogens with one attached hydrogen (secondary N) is 1. The quantitative estimate of drug-likeness (QED) is 0.523. The molecule has 0 fully saturated rings. The van der Waals surface area contributed by atoms with E-state index in [0.29, 0.717) is 0 Å². The highest BCUT2D eigenvalue weighted by Gasteiger charge is 2.10. The zero-order valence-electron chi connectivity index (χ0n) is 8.38. The fraction of sp³-hybridized carbons (Fsp3) is 0.556. The van der Waals surface area contributed by atoms with Crippen LogP contribution in [0.25, 0.3) is 0 Å². The van der Waals surface area contributed by atoms with Crippen LogP contribution in [0.1, 0.15) is 20.8 Å². The first-order chi connectivity index (χ1) is 5.97. The third kappa shape index (κ3) is 5.00. The van der Waals surface area contributed by atoms with Gasteiger partial charge in [0, 0.05) is 6.92 Å². The number of rotatable bonds is 3. The lowest BCUT2D eigenvalue weighted by atomic mass is 10.2. The molecule has 0 aromatic heterocycles. The third-order valence-corrected chi connectivity index (χ3v) is 1.22. The summed E-state index contributed by atoms with van der Waals surface area (Å²) in [5.74, 6) is -0.623. The second-order valence-corrected chi connectivity index (χ2v) is 3.00. The number of carbonyl (C=O) groups excluding carboxylic acids is 2. The Morgan fingerprint density at radius 1 is 1.38 bits per heavy atom. The molecule has 4 nitrogen and oxygen atoms in total. The molecule has 0 aromatic carbocycles. The average molecular weight is 185 g/mol. The Morgan fingerprint density at radius 3 is 2.23 bits per heavy atom. The van der Waals surface area contributed by atoms with Crippen molar-refractivity contribution in [1.82, 2.24) is 5.32 Å². The monoisotopic (exact) mass is 185 g/mol. The van der Waals surface area contributed by atoms with Gasteiger partial charge in [0.15, 0.2) is 0 Å². The number of allylic oxidation sites excluding steroid dienone is 1. The second kappa shape index (κ2) is 5.35. The number of carbonyl (C=O) groups is 2. The molecule has 0 unspecified atom stereocenters. The van der Waals surface area contributed by atoms with E-state index >= 15 is 0 Å². The van der Waals surface area contributed by atoms with E-state index < -0.39 is 5.97 Å². The van der Waals surface area contributed by atoms with Gasteiger partial charge in [-0.1, -0.05) is 19.9 Å². The van der Waals surface area contributed by atoms with Crippen LogP contribution < -0.4 is 5.32 Å². The van der Waals surface area contributed by atoms with Crippen LogP contribution >= 0.6 is 0 Å². The molecule has 0 aliphatic carbocycles. The van der Waals surface area contributed by atoms with Crippen LogP contribution in [0.2, 0.25) is 0 Å². The molecule has 0 spiro atoms. The zero-order chi connectivity index (χ0) is 10.4. The first-order valence-corrected chi connectivity index (χ1v) is 4.05. The van der Waals surface area contributed by atoms with Crippen LogP contribution in [-0.2, 0) is 14.3 Å². The van der Waals surface area contributed by atoms with E-state index in [1.54, 1.807) is 6.08 Å². The summed E-state index contributed by atoms with van der Waals surface area (Å²) < 4.78 is 4.49. The van der Waals surface area contributed by atoms with Crippen LogP contribution in [0, 0.1) is 5.92 Å². The molecule has 1 N–H and O–H groups in total. The molecule has 0 aliphatic heterocycles. The lowest BCUT2D eigenvalue weighted by molar-refractivity contribution is -0.137. The van der Waals surface area contributed by atoms with Gasteiger partial charge in [-0.25, -0.2) is 4.79 Å². The minimum absolute atomic E-state index is 0.181. The summed E-state index contributed by atoms with van der Waals surface area (Å²) >= 11 is 0. The van der Waals surface area contributed by atoms with E-state index in [1.807, 2.05) is 13.8 Å². The summed E-state index contributed by atoms with van der Waals surface area (Å²) in [5, 5.41) is 2.41. The van der Waals surface area contributed by atoms with Crippen molar-refractivity contribution < 1.29 is 14.3 Å². The van der Waals surface area contributed by atoms with Crippen LogP contribution in [0.5, 0.6) is 0 Å². The maximum atomic E-state index is 11.1. The van der Waals surface area contributed by atoms with Crippen molar-refractivity contribution in [2.45, 2.75) is 20.8 Å². The maximum absolute atomic E-state index is 11.1. The zero-order valence-corrected chi connectivity index (χ0v) is 8.38. The van der Waals surface area contributed by atoms with Gasteiger partial charge in [-0.05, 0) is 5.92 Å². The summed E-state index contributed by atoms with van der Waals surface area (Å²) in [6.45, 7) is 5.16. The highest BCUT2D eigenvalue weighted by Crippen LogP contribution is 2.01. The predicted molar refractivity (Wildman–Crippen MR) is 48.8 cm³/mol. The Kier molecular flexibility index (Phi) is 4.80. The van der Waals surface area contributed by atoms with Gasteiger partial charge in [0.1, 0.15) is 5.70 Å². The predicted octanol–water partition coefficient (Wildman–Crippen LogP) is 0.835. The molecule has 74 valence electrons. The van der Waals surface area contributed by atoms with E-state index in [2.05, 4.69) is 10.1 Å². The molecule has 0 saturated heterocycles. The largest absolute Gasteiger partial charge is 0.464 e. The van der Waals surface area contributed by atoms with Crippen LogP contribution in [0.4, 0.5) is 0 Å². The van der Waals surface area contributed by atoms with E-state index in [4.69, 9.17) is 0 Å². The molecule has 0 rings (SSSR count). The molecule has 4 heteroatoms. The minimum atomic E-state index is -0.524. The Hall–Kier alpha value is -1.32. The van der Waals surface area contributed by atoms with Crippen LogP contribution in [0.3, 0.4) is 0 Å². The molecule has 0 bridgehead atoms. The van der Waals surface area contributed by atoms with Crippen molar-refractivity contribution in [2.24, 2.45) is 5.92 Å². The number of methoxy groups -OCH3 is 1. The third-order valence-electron chi connectivity index (χ3n) is 1.22. The van der Waals surface area contributed by atoms with Crippen molar-refractivity contribution in [2.75, 3.05) is 7.11 Å². The van der Waals surface area contributed by atoms with Crippen molar-refractivity contribution in [1.29, 1.82) is 0 Å². The van der Waals surface area contributed by atoms with E-state index in [-0.39, 0.29) is 17.5 Å². The number of ether oxygens (including phenoxy) is 1. The van der Waals surface area contributed by atoms with Gasteiger partial charge >= 0.3 is 5.97 Å². The van der Waals surface area contributed by atoms with Gasteiger partial charge in [-0.15, -0.1) is 0 Å². The van der Waals surface area contributed by atoms with Crippen molar-refractivity contribution in [3.8, 4) is 0 Å². The first-order valence-electron chi connectivity index (χ1n) is 4.05. The molecule has 0 saturated carbocycles. The minimum Gasteiger partial charge on any atom is -0.464 e. The van der Waals surface area contributed by atoms with Crippen molar-refractivity contribution in [3.05, 3.63) is 11.8 Å². The van der Waals surface area contributed by atoms with E-state index in [1.165, 1.54) is 14.0 Å². The molecule has 0 aliphatic rings. The molecular weight excluding hydrogens is 170 g/mol. The van der Waals surface area contributed by atoms with Crippen molar-refractivity contribution in [3.63, 3.8) is 0 Å². The number of esters is 1. The number of hydrogen-bond acceptors (Lipinski definition) is 3. The highest BCUT2D eigenvalue weighted by atomic mass is 16.5. The standard InChI is InChI=1S/C9H15NO3/c1-6(2)5-8(9(12)13-4)10-7(3)11/h5-6H,1-4H3,(H,10,11)/b8-5+. The Bertz CT molecular complexity index is 231. The molecule has 0 heterocycles. The summed E-state index contributed by atoms with van der Waals surface area (Å²) in [5.41, 5.74) is 0.199. The van der Waals surface area contributed by atoms with Crippen LogP contribution in [-0.4, -0.2) is 19.0 Å². The normalized spacial score (nSPS) is 11.3. The highest BCUT2D eigenvalue weighted by molar-refractivity contribution is 5.93. The first kappa shape index (κ1) is 11.7. The van der Waals surface area contributed by atoms with Crippen molar-refractivity contribution >= 4 is 11.9 Å². The fourth-order valence-electron chi connectivity index (χ4n) is 0.794. The van der Waals surface area contributed by atoms with E-state index in [0.717, 1.165) is 0 Å². The molecule has 0 aromatic rings. The van der Waals surface area contributed by atoms with Gasteiger partial charge in [0.2, 0.25) is 5.91 Å². The Balaban J connectivity index is 4.55.